The van der Waals surface area contributed by atoms with Crippen molar-refractivity contribution in [2.45, 2.75) is 25.9 Å². The number of carbonyl (C=O) groups is 1. The van der Waals surface area contributed by atoms with E-state index in [9.17, 15) is 4.79 Å². The van der Waals surface area contributed by atoms with Gasteiger partial charge in [0.1, 0.15) is 5.75 Å². The van der Waals surface area contributed by atoms with Crippen molar-refractivity contribution in [3.63, 3.8) is 0 Å². The van der Waals surface area contributed by atoms with Gasteiger partial charge in [-0.15, -0.1) is 0 Å². The molecule has 0 bridgehead atoms. The smallest absolute Gasteiger partial charge is 0.224 e. The Morgan fingerprint density at radius 2 is 1.69 bits per heavy atom. The van der Waals surface area contributed by atoms with Crippen LogP contribution in [0.25, 0.3) is 0 Å². The fraction of sp³-hybridized carbons (Fsp3) is 0.367. The Morgan fingerprint density at radius 3 is 2.53 bits per heavy atom. The largest absolute Gasteiger partial charge is 0.495 e. The molecule has 0 unspecified atom stereocenters. The van der Waals surface area contributed by atoms with Crippen LogP contribution in [0.15, 0.2) is 78.9 Å². The van der Waals surface area contributed by atoms with E-state index in [-0.39, 0.29) is 5.91 Å². The van der Waals surface area contributed by atoms with E-state index in [4.69, 9.17) is 4.74 Å². The third-order valence-electron chi connectivity index (χ3n) is 6.79. The van der Waals surface area contributed by atoms with Crippen molar-refractivity contribution in [1.29, 1.82) is 0 Å². The summed E-state index contributed by atoms with van der Waals surface area (Å²) in [5.41, 5.74) is 4.59. The van der Waals surface area contributed by atoms with Gasteiger partial charge in [-0.2, -0.15) is 0 Å². The predicted molar refractivity (Wildman–Crippen MR) is 148 cm³/mol. The minimum absolute atomic E-state index is 0.172. The van der Waals surface area contributed by atoms with Gasteiger partial charge in [-0.1, -0.05) is 60.7 Å². The number of carbonyl (C=O) groups excluding carboxylic acids is 1. The molecule has 1 N–H and O–H groups in total. The Morgan fingerprint density at radius 1 is 0.944 bits per heavy atom. The number of nitrogens with zero attached hydrogens (tertiary/aromatic N) is 3. The van der Waals surface area contributed by atoms with Gasteiger partial charge in [0.2, 0.25) is 5.91 Å². The first-order valence-electron chi connectivity index (χ1n) is 12.8. The molecule has 1 amide bonds. The molecule has 3 aromatic carbocycles. The van der Waals surface area contributed by atoms with Crippen LogP contribution in [-0.2, 0) is 17.9 Å². The number of hydrogen-bond donors (Lipinski definition) is 1. The Bertz CT molecular complexity index is 1100. The first-order valence-corrected chi connectivity index (χ1v) is 12.8. The quantitative estimate of drug-likeness (QED) is 0.516. The highest BCUT2D eigenvalue weighted by molar-refractivity contribution is 5.77. The van der Waals surface area contributed by atoms with Gasteiger partial charge >= 0.3 is 0 Å². The summed E-state index contributed by atoms with van der Waals surface area (Å²) in [5.74, 6) is 0.990. The molecule has 1 aliphatic rings. The summed E-state index contributed by atoms with van der Waals surface area (Å²) in [4.78, 5) is 20.1. The normalized spacial score (nSPS) is 14.8. The number of amides is 1. The Labute approximate surface area is 215 Å². The molecule has 0 spiro atoms. The van der Waals surface area contributed by atoms with Gasteiger partial charge in [0, 0.05) is 65.0 Å². The molecular weight excluding hydrogens is 448 g/mol. The summed E-state index contributed by atoms with van der Waals surface area (Å²) in [5, 5.41) is 3.60. The van der Waals surface area contributed by atoms with Crippen LogP contribution >= 0.6 is 0 Å². The molecular formula is C30H38N4O2. The molecule has 6 heteroatoms. The summed E-state index contributed by atoms with van der Waals surface area (Å²) in [7, 11) is 3.69. The van der Waals surface area contributed by atoms with Crippen LogP contribution in [-0.4, -0.2) is 62.6 Å². The topological polar surface area (TPSA) is 48.1 Å². The zero-order valence-corrected chi connectivity index (χ0v) is 21.5. The van der Waals surface area contributed by atoms with Gasteiger partial charge in [-0.25, -0.2) is 0 Å². The number of anilines is 2. The van der Waals surface area contributed by atoms with Crippen LogP contribution in [0.1, 0.15) is 24.0 Å². The van der Waals surface area contributed by atoms with Crippen LogP contribution in [0, 0.1) is 0 Å². The number of rotatable bonds is 7. The molecule has 0 aliphatic carbocycles. The van der Waals surface area contributed by atoms with E-state index in [0.717, 1.165) is 49.7 Å². The summed E-state index contributed by atoms with van der Waals surface area (Å²) >= 11 is 0. The van der Waals surface area contributed by atoms with E-state index in [0.29, 0.717) is 26.1 Å². The molecule has 0 aromatic heterocycles. The maximum absolute atomic E-state index is 13.5. The molecule has 36 heavy (non-hydrogen) atoms. The second kappa shape index (κ2) is 13.0. The maximum atomic E-state index is 13.5. The number of fused-ring (bicyclic) bond motifs is 1. The predicted octanol–water partition coefficient (Wildman–Crippen LogP) is 4.87. The fourth-order valence-electron chi connectivity index (χ4n) is 4.71. The molecule has 1 heterocycles. The van der Waals surface area contributed by atoms with Gasteiger partial charge in [-0.05, 0) is 35.7 Å². The van der Waals surface area contributed by atoms with Gasteiger partial charge in [-0.3, -0.25) is 9.69 Å². The Balaban J connectivity index is 1.47. The Hall–Kier alpha value is -3.51. The van der Waals surface area contributed by atoms with Crippen molar-refractivity contribution in [3.05, 3.63) is 90.0 Å². The van der Waals surface area contributed by atoms with Gasteiger partial charge < -0.3 is 19.9 Å². The highest BCUT2D eigenvalue weighted by Gasteiger charge is 2.19. The Kier molecular flexibility index (Phi) is 9.22. The van der Waals surface area contributed by atoms with Crippen LogP contribution in [0.2, 0.25) is 0 Å². The first kappa shape index (κ1) is 25.6. The number of hydrogen-bond acceptors (Lipinski definition) is 5. The third-order valence-corrected chi connectivity index (χ3v) is 6.79. The molecule has 6 nitrogen and oxygen atoms in total. The van der Waals surface area contributed by atoms with E-state index in [1.165, 1.54) is 11.1 Å². The summed E-state index contributed by atoms with van der Waals surface area (Å²) in [6, 6.07) is 26.9. The monoisotopic (exact) mass is 486 g/mol. The molecule has 0 saturated carbocycles. The fourth-order valence-corrected chi connectivity index (χ4v) is 4.71. The highest BCUT2D eigenvalue weighted by atomic mass is 16.5. The lowest BCUT2D eigenvalue weighted by atomic mass is 10.1. The minimum Gasteiger partial charge on any atom is -0.495 e. The van der Waals surface area contributed by atoms with Crippen molar-refractivity contribution in [2.75, 3.05) is 57.1 Å². The zero-order chi connectivity index (χ0) is 25.2. The van der Waals surface area contributed by atoms with Crippen molar-refractivity contribution in [2.24, 2.45) is 0 Å². The first-order chi connectivity index (χ1) is 17.6. The molecule has 0 fully saturated rings. The van der Waals surface area contributed by atoms with Gasteiger partial charge in [0.05, 0.1) is 12.8 Å². The van der Waals surface area contributed by atoms with Crippen LogP contribution in [0.4, 0.5) is 11.4 Å². The van der Waals surface area contributed by atoms with Gasteiger partial charge in [0.15, 0.2) is 0 Å². The molecule has 0 saturated heterocycles. The van der Waals surface area contributed by atoms with Crippen LogP contribution in [0.3, 0.4) is 0 Å². The molecule has 4 rings (SSSR count). The van der Waals surface area contributed by atoms with E-state index >= 15 is 0 Å². The summed E-state index contributed by atoms with van der Waals surface area (Å²) < 4.78 is 5.51. The van der Waals surface area contributed by atoms with Crippen molar-refractivity contribution < 1.29 is 9.53 Å². The van der Waals surface area contributed by atoms with E-state index in [1.807, 2.05) is 36.2 Å². The number of nitrogens with one attached hydrogen (secondary N) is 1. The van der Waals surface area contributed by atoms with Gasteiger partial charge in [0.25, 0.3) is 0 Å². The molecule has 0 radical (unpaired) electrons. The van der Waals surface area contributed by atoms with Crippen LogP contribution in [0.5, 0.6) is 5.75 Å². The second-order valence-electron chi connectivity index (χ2n) is 9.36. The lowest BCUT2D eigenvalue weighted by molar-refractivity contribution is -0.131. The molecule has 1 aliphatic heterocycles. The summed E-state index contributed by atoms with van der Waals surface area (Å²) in [6.07, 6.45) is 1.50. The second-order valence-corrected chi connectivity index (χ2v) is 9.36. The standard InChI is InChI=1S/C30H38N4O2/c1-32(28-15-8-9-16-29(28)36-2)20-17-30(35)34-22-21-33(23-25-11-4-3-5-12-25)19-10-18-31-27-14-7-6-13-26(27)24-34/h3-9,11-16,31H,10,17-24H2,1-2H3. The lowest BCUT2D eigenvalue weighted by Crippen LogP contribution is -2.39. The van der Waals surface area contributed by atoms with E-state index in [2.05, 4.69) is 69.7 Å². The summed E-state index contributed by atoms with van der Waals surface area (Å²) in [6.45, 7) is 5.60. The van der Waals surface area contributed by atoms with E-state index < -0.39 is 0 Å². The van der Waals surface area contributed by atoms with Crippen LogP contribution < -0.4 is 15.0 Å². The SMILES string of the molecule is COc1ccccc1N(C)CCC(=O)N1CCN(Cc2ccccc2)CCCNc2ccccc2C1. The maximum Gasteiger partial charge on any atom is 0.224 e. The third kappa shape index (κ3) is 7.01. The van der Waals surface area contributed by atoms with Crippen molar-refractivity contribution in [3.8, 4) is 5.75 Å². The molecule has 190 valence electrons. The molecule has 3 aromatic rings. The number of benzene rings is 3. The number of methoxy groups -OCH3 is 1. The highest BCUT2D eigenvalue weighted by Crippen LogP contribution is 2.27. The van der Waals surface area contributed by atoms with Crippen molar-refractivity contribution >= 4 is 17.3 Å². The minimum atomic E-state index is 0.172. The lowest BCUT2D eigenvalue weighted by Gasteiger charge is -2.29. The average Bonchev–Trinajstić information content (AvgIpc) is 2.96. The molecule has 0 atom stereocenters. The van der Waals surface area contributed by atoms with Crippen molar-refractivity contribution in [1.82, 2.24) is 9.80 Å². The zero-order valence-electron chi connectivity index (χ0n) is 21.5. The number of para-hydroxylation sites is 3. The average molecular weight is 487 g/mol. The van der Waals surface area contributed by atoms with E-state index in [1.54, 1.807) is 7.11 Å². The number of ether oxygens (including phenoxy) is 1.